The smallest absolute Gasteiger partial charge is 0.241 e. The lowest BCUT2D eigenvalue weighted by atomic mass is 10.0. The van der Waals surface area contributed by atoms with Gasteiger partial charge in [-0.1, -0.05) is 25.1 Å². The van der Waals surface area contributed by atoms with Gasteiger partial charge in [0.15, 0.2) is 0 Å². The lowest BCUT2D eigenvalue weighted by Gasteiger charge is -2.28. The van der Waals surface area contributed by atoms with Gasteiger partial charge in [0.2, 0.25) is 10.0 Å². The average molecular weight is 282 g/mol. The van der Waals surface area contributed by atoms with Crippen LogP contribution >= 0.6 is 0 Å². The standard InChI is InChI=1S/C14H22N2O2S/c1-3-12-6-4-5-7-14(12)19(17,18)16-13-8-9-15-11(2)10-13/h4-7,11,13,15-16H,3,8-10H2,1-2H3. The Labute approximate surface area is 115 Å². The maximum absolute atomic E-state index is 12.5. The first kappa shape index (κ1) is 14.5. The number of hydrogen-bond acceptors (Lipinski definition) is 3. The van der Waals surface area contributed by atoms with Gasteiger partial charge in [0.25, 0.3) is 0 Å². The molecule has 0 bridgehead atoms. The second kappa shape index (κ2) is 6.03. The highest BCUT2D eigenvalue weighted by molar-refractivity contribution is 7.89. The summed E-state index contributed by atoms with van der Waals surface area (Å²) in [5, 5.41) is 3.33. The molecular formula is C14H22N2O2S. The van der Waals surface area contributed by atoms with Gasteiger partial charge >= 0.3 is 0 Å². The minimum atomic E-state index is -3.40. The van der Waals surface area contributed by atoms with Gasteiger partial charge in [-0.3, -0.25) is 0 Å². The van der Waals surface area contributed by atoms with E-state index in [0.29, 0.717) is 10.9 Å². The van der Waals surface area contributed by atoms with Crippen LogP contribution in [-0.2, 0) is 16.4 Å². The van der Waals surface area contributed by atoms with Crippen molar-refractivity contribution in [2.75, 3.05) is 6.54 Å². The van der Waals surface area contributed by atoms with Gasteiger partial charge in [0, 0.05) is 12.1 Å². The van der Waals surface area contributed by atoms with E-state index in [1.807, 2.05) is 19.1 Å². The highest BCUT2D eigenvalue weighted by Crippen LogP contribution is 2.18. The number of benzene rings is 1. The molecule has 0 aliphatic carbocycles. The predicted molar refractivity (Wildman–Crippen MR) is 76.6 cm³/mol. The highest BCUT2D eigenvalue weighted by atomic mass is 32.2. The number of nitrogens with one attached hydrogen (secondary N) is 2. The van der Waals surface area contributed by atoms with Crippen LogP contribution in [0.15, 0.2) is 29.2 Å². The lowest BCUT2D eigenvalue weighted by molar-refractivity contribution is 0.361. The molecule has 0 spiro atoms. The summed E-state index contributed by atoms with van der Waals surface area (Å²) in [5.74, 6) is 0. The SMILES string of the molecule is CCc1ccccc1S(=O)(=O)NC1CCNC(C)C1. The van der Waals surface area contributed by atoms with E-state index in [2.05, 4.69) is 17.0 Å². The fraction of sp³-hybridized carbons (Fsp3) is 0.571. The van der Waals surface area contributed by atoms with Crippen molar-refractivity contribution in [1.82, 2.24) is 10.0 Å². The number of hydrogen-bond donors (Lipinski definition) is 2. The fourth-order valence-electron chi connectivity index (χ4n) is 2.58. The van der Waals surface area contributed by atoms with Crippen molar-refractivity contribution >= 4 is 10.0 Å². The van der Waals surface area contributed by atoms with E-state index in [1.54, 1.807) is 12.1 Å². The zero-order chi connectivity index (χ0) is 13.9. The molecule has 1 aromatic rings. The Hall–Kier alpha value is -0.910. The van der Waals surface area contributed by atoms with Gasteiger partial charge < -0.3 is 5.32 Å². The molecule has 1 saturated heterocycles. The highest BCUT2D eigenvalue weighted by Gasteiger charge is 2.25. The first-order chi connectivity index (χ1) is 9.03. The van der Waals surface area contributed by atoms with E-state index in [0.717, 1.165) is 31.4 Å². The van der Waals surface area contributed by atoms with Crippen LogP contribution in [0, 0.1) is 0 Å². The van der Waals surface area contributed by atoms with Crippen molar-refractivity contribution in [2.45, 2.75) is 50.1 Å². The maximum Gasteiger partial charge on any atom is 0.241 e. The Morgan fingerprint density at radius 2 is 2.11 bits per heavy atom. The number of aryl methyl sites for hydroxylation is 1. The topological polar surface area (TPSA) is 58.2 Å². The van der Waals surface area contributed by atoms with E-state index in [1.165, 1.54) is 0 Å². The summed E-state index contributed by atoms with van der Waals surface area (Å²) in [5.41, 5.74) is 0.872. The molecule has 106 valence electrons. The summed E-state index contributed by atoms with van der Waals surface area (Å²) in [6, 6.07) is 7.61. The fourth-order valence-corrected chi connectivity index (χ4v) is 4.18. The first-order valence-corrected chi connectivity index (χ1v) is 8.35. The van der Waals surface area contributed by atoms with E-state index < -0.39 is 10.0 Å². The van der Waals surface area contributed by atoms with Crippen molar-refractivity contribution in [1.29, 1.82) is 0 Å². The van der Waals surface area contributed by atoms with Gasteiger partial charge in [-0.05, 0) is 44.4 Å². The zero-order valence-electron chi connectivity index (χ0n) is 11.5. The Bertz CT molecular complexity index is 528. The lowest BCUT2D eigenvalue weighted by Crippen LogP contribution is -2.46. The van der Waals surface area contributed by atoms with Crippen molar-refractivity contribution in [3.63, 3.8) is 0 Å². The third-order valence-electron chi connectivity index (χ3n) is 3.59. The minimum Gasteiger partial charge on any atom is -0.314 e. The van der Waals surface area contributed by atoms with Gasteiger partial charge in [0.05, 0.1) is 4.90 Å². The molecule has 0 amide bonds. The zero-order valence-corrected chi connectivity index (χ0v) is 12.3. The second-order valence-corrected chi connectivity index (χ2v) is 6.84. The van der Waals surface area contributed by atoms with Crippen LogP contribution in [0.3, 0.4) is 0 Å². The maximum atomic E-state index is 12.5. The third kappa shape index (κ3) is 3.55. The molecule has 0 radical (unpaired) electrons. The molecule has 2 atom stereocenters. The van der Waals surface area contributed by atoms with E-state index in [-0.39, 0.29) is 6.04 Å². The normalized spacial score (nSPS) is 24.3. The molecule has 2 unspecified atom stereocenters. The summed E-state index contributed by atoms with van der Waals surface area (Å²) >= 11 is 0. The number of rotatable bonds is 4. The summed E-state index contributed by atoms with van der Waals surface area (Å²) in [4.78, 5) is 0.420. The second-order valence-electron chi connectivity index (χ2n) is 5.16. The third-order valence-corrected chi connectivity index (χ3v) is 5.21. The molecule has 0 saturated carbocycles. The quantitative estimate of drug-likeness (QED) is 0.883. The summed E-state index contributed by atoms with van der Waals surface area (Å²) in [6.07, 6.45) is 2.41. The molecule has 2 rings (SSSR count). The summed E-state index contributed by atoms with van der Waals surface area (Å²) in [6.45, 7) is 4.92. The summed E-state index contributed by atoms with van der Waals surface area (Å²) < 4.78 is 27.8. The van der Waals surface area contributed by atoms with Gasteiger partial charge in [-0.15, -0.1) is 0 Å². The number of sulfonamides is 1. The minimum absolute atomic E-state index is 0.0335. The summed E-state index contributed by atoms with van der Waals surface area (Å²) in [7, 11) is -3.40. The Balaban J connectivity index is 2.18. The molecular weight excluding hydrogens is 260 g/mol. The molecule has 0 aromatic heterocycles. The van der Waals surface area contributed by atoms with E-state index in [9.17, 15) is 8.42 Å². The van der Waals surface area contributed by atoms with Crippen LogP contribution in [-0.4, -0.2) is 27.0 Å². The molecule has 1 fully saturated rings. The van der Waals surface area contributed by atoms with Crippen molar-refractivity contribution < 1.29 is 8.42 Å². The van der Waals surface area contributed by atoms with E-state index >= 15 is 0 Å². The van der Waals surface area contributed by atoms with Crippen LogP contribution < -0.4 is 10.0 Å². The van der Waals surface area contributed by atoms with Crippen LogP contribution in [0.4, 0.5) is 0 Å². The Kier molecular flexibility index (Phi) is 4.60. The van der Waals surface area contributed by atoms with Crippen LogP contribution in [0.2, 0.25) is 0 Å². The van der Waals surface area contributed by atoms with Gasteiger partial charge in [0.1, 0.15) is 0 Å². The van der Waals surface area contributed by atoms with Crippen molar-refractivity contribution in [3.8, 4) is 0 Å². The molecule has 4 nitrogen and oxygen atoms in total. The van der Waals surface area contributed by atoms with Crippen LogP contribution in [0.5, 0.6) is 0 Å². The monoisotopic (exact) mass is 282 g/mol. The molecule has 5 heteroatoms. The average Bonchev–Trinajstić information content (AvgIpc) is 2.38. The predicted octanol–water partition coefficient (Wildman–Crippen LogP) is 1.67. The van der Waals surface area contributed by atoms with Crippen molar-refractivity contribution in [3.05, 3.63) is 29.8 Å². The van der Waals surface area contributed by atoms with Crippen LogP contribution in [0.1, 0.15) is 32.3 Å². The molecule has 1 heterocycles. The van der Waals surface area contributed by atoms with Gasteiger partial charge in [-0.2, -0.15) is 0 Å². The molecule has 1 aliphatic heterocycles. The Morgan fingerprint density at radius 1 is 1.37 bits per heavy atom. The van der Waals surface area contributed by atoms with E-state index in [4.69, 9.17) is 0 Å². The van der Waals surface area contributed by atoms with Crippen LogP contribution in [0.25, 0.3) is 0 Å². The largest absolute Gasteiger partial charge is 0.314 e. The first-order valence-electron chi connectivity index (χ1n) is 6.86. The van der Waals surface area contributed by atoms with Crippen molar-refractivity contribution in [2.24, 2.45) is 0 Å². The Morgan fingerprint density at radius 3 is 2.79 bits per heavy atom. The van der Waals surface area contributed by atoms with Gasteiger partial charge in [-0.25, -0.2) is 13.1 Å². The number of piperidine rings is 1. The molecule has 19 heavy (non-hydrogen) atoms. The molecule has 1 aliphatic rings. The molecule has 2 N–H and O–H groups in total. The molecule has 1 aromatic carbocycles.